The number of piperazine rings is 1. The van der Waals surface area contributed by atoms with Gasteiger partial charge >= 0.3 is 0 Å². The molecule has 2 aromatic heterocycles. The van der Waals surface area contributed by atoms with Gasteiger partial charge < -0.3 is 9.52 Å². The summed E-state index contributed by atoms with van der Waals surface area (Å²) >= 11 is 0. The molecule has 3 saturated heterocycles. The predicted octanol–water partition coefficient (Wildman–Crippen LogP) is 0.542. The van der Waals surface area contributed by atoms with Crippen LogP contribution in [0.1, 0.15) is 23.5 Å². The van der Waals surface area contributed by atoms with Gasteiger partial charge in [0.05, 0.1) is 18.7 Å². The molecule has 5 rings (SSSR count). The molecule has 29 heavy (non-hydrogen) atoms. The molecule has 2 amide bonds. The van der Waals surface area contributed by atoms with Crippen molar-refractivity contribution in [3.8, 4) is 0 Å². The fourth-order valence-corrected chi connectivity index (χ4v) is 4.92. The molecule has 152 valence electrons. The Hall–Kier alpha value is -2.55. The van der Waals surface area contributed by atoms with E-state index in [1.54, 1.807) is 18.5 Å². The van der Waals surface area contributed by atoms with Gasteiger partial charge in [0.25, 0.3) is 5.91 Å². The minimum absolute atomic E-state index is 0.137. The van der Waals surface area contributed by atoms with Crippen LogP contribution in [0, 0.1) is 6.92 Å². The summed E-state index contributed by atoms with van der Waals surface area (Å²) in [6.07, 6.45) is 3.30. The molecule has 0 radical (unpaired) electrons. The fourth-order valence-electron chi connectivity index (χ4n) is 4.92. The Labute approximate surface area is 168 Å². The molecular formula is C21H24N4O4. The van der Waals surface area contributed by atoms with Crippen LogP contribution in [-0.2, 0) is 22.7 Å². The minimum atomic E-state index is -0.759. The quantitative estimate of drug-likeness (QED) is 0.755. The highest BCUT2D eigenvalue weighted by atomic mass is 16.3. The molecule has 3 fully saturated rings. The number of rotatable bonds is 4. The van der Waals surface area contributed by atoms with Gasteiger partial charge in [0.2, 0.25) is 5.91 Å². The molecule has 2 unspecified atom stereocenters. The van der Waals surface area contributed by atoms with E-state index in [1.165, 1.54) is 4.90 Å². The van der Waals surface area contributed by atoms with Crippen molar-refractivity contribution in [3.63, 3.8) is 0 Å². The number of carbonyl (C=O) groups is 2. The lowest BCUT2D eigenvalue weighted by molar-refractivity contribution is -0.181. The number of aliphatic hydroxyl groups excluding tert-OH is 1. The average molecular weight is 396 g/mol. The molecule has 1 N–H and O–H groups in total. The number of aromatic nitrogens is 1. The minimum Gasteiger partial charge on any atom is -0.464 e. The predicted molar refractivity (Wildman–Crippen MR) is 102 cm³/mol. The molecule has 2 aromatic rings. The zero-order valence-electron chi connectivity index (χ0n) is 16.3. The first-order chi connectivity index (χ1) is 14.0. The third-order valence-corrected chi connectivity index (χ3v) is 6.26. The highest BCUT2D eigenvalue weighted by Gasteiger charge is 2.64. The number of aliphatic hydroxyl groups is 1. The third kappa shape index (κ3) is 2.99. The van der Waals surface area contributed by atoms with Crippen molar-refractivity contribution in [2.24, 2.45) is 0 Å². The van der Waals surface area contributed by atoms with E-state index in [1.807, 2.05) is 30.0 Å². The Bertz CT molecular complexity index is 937. The van der Waals surface area contributed by atoms with Crippen molar-refractivity contribution < 1.29 is 19.1 Å². The van der Waals surface area contributed by atoms with Crippen LogP contribution in [-0.4, -0.2) is 73.9 Å². The van der Waals surface area contributed by atoms with E-state index in [9.17, 15) is 14.7 Å². The second-order valence-corrected chi connectivity index (χ2v) is 8.33. The van der Waals surface area contributed by atoms with Gasteiger partial charge in [-0.15, -0.1) is 0 Å². The van der Waals surface area contributed by atoms with Crippen LogP contribution in [0.15, 0.2) is 41.1 Å². The Morgan fingerprint density at radius 1 is 1.17 bits per heavy atom. The van der Waals surface area contributed by atoms with Gasteiger partial charge in [-0.05, 0) is 43.2 Å². The smallest absolute Gasteiger partial charge is 0.252 e. The first-order valence-electron chi connectivity index (χ1n) is 9.93. The number of imide groups is 1. The van der Waals surface area contributed by atoms with Crippen molar-refractivity contribution >= 4 is 11.8 Å². The van der Waals surface area contributed by atoms with Crippen LogP contribution in [0.25, 0.3) is 0 Å². The van der Waals surface area contributed by atoms with Crippen LogP contribution in [0.4, 0.5) is 0 Å². The van der Waals surface area contributed by atoms with Crippen LogP contribution in [0.5, 0.6) is 0 Å². The molecule has 3 aliphatic heterocycles. The van der Waals surface area contributed by atoms with Crippen LogP contribution < -0.4 is 0 Å². The fraction of sp³-hybridized carbons (Fsp3) is 0.476. The second-order valence-electron chi connectivity index (χ2n) is 8.33. The standard InChI is InChI=1S/C21H24N4O4/c1-14-2-3-17(29-14)11-24-19(27)18-8-16(26)10-25(18)21(20(24)28)12-23(13-21)9-15-4-6-22-7-5-15/h2-7,16,18,26H,8-13H2,1H3. The summed E-state index contributed by atoms with van der Waals surface area (Å²) in [4.78, 5) is 36.1. The first-order valence-corrected chi connectivity index (χ1v) is 9.93. The molecule has 8 heteroatoms. The summed E-state index contributed by atoms with van der Waals surface area (Å²) in [6.45, 7) is 4.14. The van der Waals surface area contributed by atoms with Crippen molar-refractivity contribution in [1.29, 1.82) is 0 Å². The van der Waals surface area contributed by atoms with E-state index in [0.29, 0.717) is 31.8 Å². The normalized spacial score (nSPS) is 26.8. The van der Waals surface area contributed by atoms with Gasteiger partial charge in [-0.3, -0.25) is 29.3 Å². The van der Waals surface area contributed by atoms with Gasteiger partial charge in [0.15, 0.2) is 0 Å². The number of aryl methyl sites for hydroxylation is 1. The number of likely N-dealkylation sites (tertiary alicyclic amines) is 1. The zero-order chi connectivity index (χ0) is 20.2. The van der Waals surface area contributed by atoms with Crippen LogP contribution in [0.3, 0.4) is 0 Å². The maximum absolute atomic E-state index is 13.5. The molecule has 8 nitrogen and oxygen atoms in total. The summed E-state index contributed by atoms with van der Waals surface area (Å²) in [5, 5.41) is 10.2. The summed E-state index contributed by atoms with van der Waals surface area (Å²) in [7, 11) is 0. The van der Waals surface area contributed by atoms with Crippen LogP contribution in [0.2, 0.25) is 0 Å². The van der Waals surface area contributed by atoms with E-state index in [2.05, 4.69) is 9.88 Å². The highest BCUT2D eigenvalue weighted by Crippen LogP contribution is 2.41. The van der Waals surface area contributed by atoms with Crippen molar-refractivity contribution in [1.82, 2.24) is 19.7 Å². The first kappa shape index (κ1) is 18.5. The van der Waals surface area contributed by atoms with Gasteiger partial charge in [0.1, 0.15) is 17.1 Å². The second kappa shape index (κ2) is 6.76. The molecule has 5 heterocycles. The number of hydrogen-bond acceptors (Lipinski definition) is 7. The number of hydrogen-bond donors (Lipinski definition) is 1. The molecule has 3 aliphatic rings. The number of pyridine rings is 1. The molecular weight excluding hydrogens is 372 g/mol. The SMILES string of the molecule is Cc1ccc(CN2C(=O)C3CC(O)CN3C3(CN(Cc4ccncc4)C3)C2=O)o1. The van der Waals surface area contributed by atoms with Gasteiger partial charge in [0, 0.05) is 38.6 Å². The molecule has 0 bridgehead atoms. The van der Waals surface area contributed by atoms with E-state index in [4.69, 9.17) is 4.42 Å². The lowest BCUT2D eigenvalue weighted by atomic mass is 9.82. The lowest BCUT2D eigenvalue weighted by Crippen LogP contribution is -2.81. The number of β-amino-alcohol motifs (C(OH)–C–C–N with tert-alkyl or cyclic N) is 1. The maximum atomic E-state index is 13.5. The van der Waals surface area contributed by atoms with Gasteiger partial charge in [-0.25, -0.2) is 0 Å². The summed E-state index contributed by atoms with van der Waals surface area (Å²) in [5.41, 5.74) is 0.375. The van der Waals surface area contributed by atoms with Gasteiger partial charge in [-0.2, -0.15) is 0 Å². The Balaban J connectivity index is 1.39. The summed E-state index contributed by atoms with van der Waals surface area (Å²) in [5.74, 6) is 0.919. The number of fused-ring (bicyclic) bond motifs is 2. The number of amides is 2. The lowest BCUT2D eigenvalue weighted by Gasteiger charge is -2.58. The molecule has 0 aliphatic carbocycles. The third-order valence-electron chi connectivity index (χ3n) is 6.26. The molecule has 1 spiro atoms. The zero-order valence-corrected chi connectivity index (χ0v) is 16.3. The maximum Gasteiger partial charge on any atom is 0.252 e. The number of carbonyl (C=O) groups excluding carboxylic acids is 2. The number of nitrogens with zero attached hydrogens (tertiary/aromatic N) is 4. The van der Waals surface area contributed by atoms with Crippen molar-refractivity contribution in [2.75, 3.05) is 19.6 Å². The van der Waals surface area contributed by atoms with Gasteiger partial charge in [-0.1, -0.05) is 0 Å². The topological polar surface area (TPSA) is 90.1 Å². The van der Waals surface area contributed by atoms with Crippen molar-refractivity contribution in [3.05, 3.63) is 53.7 Å². The Morgan fingerprint density at radius 3 is 2.62 bits per heavy atom. The summed E-state index contributed by atoms with van der Waals surface area (Å²) in [6, 6.07) is 7.10. The van der Waals surface area contributed by atoms with Crippen LogP contribution >= 0.6 is 0 Å². The largest absolute Gasteiger partial charge is 0.464 e. The van der Waals surface area contributed by atoms with E-state index in [0.717, 1.165) is 17.9 Å². The molecule has 0 saturated carbocycles. The van der Waals surface area contributed by atoms with E-state index in [-0.39, 0.29) is 18.4 Å². The Morgan fingerprint density at radius 2 is 1.93 bits per heavy atom. The monoisotopic (exact) mass is 396 g/mol. The Kier molecular flexibility index (Phi) is 4.31. The summed E-state index contributed by atoms with van der Waals surface area (Å²) < 4.78 is 5.61. The highest BCUT2D eigenvalue weighted by molar-refractivity contribution is 6.06. The molecule has 0 aromatic carbocycles. The van der Waals surface area contributed by atoms with E-state index >= 15 is 0 Å². The van der Waals surface area contributed by atoms with Crippen molar-refractivity contribution in [2.45, 2.75) is 44.1 Å². The van der Waals surface area contributed by atoms with E-state index < -0.39 is 17.7 Å². The number of furan rings is 1. The average Bonchev–Trinajstić information content (AvgIpc) is 3.27. The molecule has 2 atom stereocenters.